The topological polar surface area (TPSA) is 64.3 Å². The zero-order chi connectivity index (χ0) is 11.1. The molecule has 0 aliphatic rings. The maximum atomic E-state index is 11.1. The second-order valence-corrected chi connectivity index (χ2v) is 3.89. The second kappa shape index (κ2) is 6.79. The van der Waals surface area contributed by atoms with Crippen molar-refractivity contribution in [3.63, 3.8) is 0 Å². The van der Waals surface area contributed by atoms with E-state index < -0.39 is 0 Å². The van der Waals surface area contributed by atoms with Gasteiger partial charge in [-0.1, -0.05) is 13.8 Å². The third-order valence-electron chi connectivity index (χ3n) is 2.49. The van der Waals surface area contributed by atoms with Gasteiger partial charge in [-0.05, 0) is 25.3 Å². The number of rotatable bonds is 6. The summed E-state index contributed by atoms with van der Waals surface area (Å²) >= 11 is 0. The van der Waals surface area contributed by atoms with Gasteiger partial charge in [0.15, 0.2) is 0 Å². The summed E-state index contributed by atoms with van der Waals surface area (Å²) in [7, 11) is 1.39. The molecule has 0 aromatic rings. The van der Waals surface area contributed by atoms with E-state index in [1.54, 1.807) is 6.92 Å². The molecule has 0 rings (SSSR count). The lowest BCUT2D eigenvalue weighted by atomic mass is 9.96. The van der Waals surface area contributed by atoms with E-state index in [1.165, 1.54) is 7.11 Å². The van der Waals surface area contributed by atoms with Crippen molar-refractivity contribution in [2.75, 3.05) is 20.2 Å². The Morgan fingerprint density at radius 1 is 1.43 bits per heavy atom. The first-order valence-electron chi connectivity index (χ1n) is 5.04. The van der Waals surface area contributed by atoms with Crippen molar-refractivity contribution >= 4 is 5.97 Å². The Kier molecular flexibility index (Phi) is 6.49. The van der Waals surface area contributed by atoms with Gasteiger partial charge in [-0.3, -0.25) is 4.79 Å². The lowest BCUT2D eigenvalue weighted by Crippen LogP contribution is -2.40. The molecule has 0 aromatic heterocycles. The first kappa shape index (κ1) is 13.4. The molecular weight excluding hydrogens is 180 g/mol. The molecule has 4 nitrogen and oxygen atoms in total. The van der Waals surface area contributed by atoms with Crippen LogP contribution in [-0.4, -0.2) is 32.2 Å². The van der Waals surface area contributed by atoms with Gasteiger partial charge in [-0.2, -0.15) is 0 Å². The van der Waals surface area contributed by atoms with E-state index in [0.29, 0.717) is 18.4 Å². The minimum absolute atomic E-state index is 0.232. The zero-order valence-corrected chi connectivity index (χ0v) is 9.54. The van der Waals surface area contributed by atoms with Crippen LogP contribution in [0.25, 0.3) is 0 Å². The van der Waals surface area contributed by atoms with Crippen LogP contribution in [0.5, 0.6) is 0 Å². The molecule has 0 amide bonds. The molecule has 0 saturated heterocycles. The number of carbonyl (C=O) groups is 1. The van der Waals surface area contributed by atoms with Crippen molar-refractivity contribution < 1.29 is 9.53 Å². The quantitative estimate of drug-likeness (QED) is 0.611. The minimum atomic E-state index is -0.257. The summed E-state index contributed by atoms with van der Waals surface area (Å²) in [5, 5.41) is 3.11. The third-order valence-corrected chi connectivity index (χ3v) is 2.49. The summed E-state index contributed by atoms with van der Waals surface area (Å²) in [4.78, 5) is 11.1. The first-order valence-corrected chi connectivity index (χ1v) is 5.04. The third kappa shape index (κ3) is 4.58. The van der Waals surface area contributed by atoms with Gasteiger partial charge in [0.1, 0.15) is 6.04 Å². The molecule has 0 bridgehead atoms. The van der Waals surface area contributed by atoms with Crippen LogP contribution >= 0.6 is 0 Å². The van der Waals surface area contributed by atoms with Crippen LogP contribution in [0.2, 0.25) is 0 Å². The molecule has 4 heteroatoms. The average molecular weight is 202 g/mol. The van der Waals surface area contributed by atoms with E-state index in [4.69, 9.17) is 5.73 Å². The highest BCUT2D eigenvalue weighted by molar-refractivity contribution is 5.75. The van der Waals surface area contributed by atoms with Crippen molar-refractivity contribution in [3.8, 4) is 0 Å². The van der Waals surface area contributed by atoms with Crippen LogP contribution in [0.3, 0.4) is 0 Å². The molecule has 2 atom stereocenters. The average Bonchev–Trinajstić information content (AvgIpc) is 2.16. The summed E-state index contributed by atoms with van der Waals surface area (Å²) in [6, 6.07) is -0.257. The molecule has 84 valence electrons. The number of esters is 1. The van der Waals surface area contributed by atoms with Crippen molar-refractivity contribution in [1.29, 1.82) is 0 Å². The normalized spacial score (nSPS) is 15.3. The Labute approximate surface area is 86.2 Å². The number of hydrogen-bond donors (Lipinski definition) is 2. The summed E-state index contributed by atoms with van der Waals surface area (Å²) in [6.07, 6.45) is 0. The van der Waals surface area contributed by atoms with E-state index in [2.05, 4.69) is 23.9 Å². The minimum Gasteiger partial charge on any atom is -0.468 e. The van der Waals surface area contributed by atoms with Crippen molar-refractivity contribution in [2.45, 2.75) is 26.8 Å². The second-order valence-electron chi connectivity index (χ2n) is 3.89. The van der Waals surface area contributed by atoms with Gasteiger partial charge in [0.25, 0.3) is 0 Å². The summed E-state index contributed by atoms with van der Waals surface area (Å²) < 4.78 is 4.61. The maximum Gasteiger partial charge on any atom is 0.322 e. The number of carbonyl (C=O) groups excluding carboxylic acids is 1. The highest BCUT2D eigenvalue weighted by Crippen LogP contribution is 2.07. The number of nitrogens with one attached hydrogen (secondary N) is 1. The Hall–Kier alpha value is -0.610. The van der Waals surface area contributed by atoms with Crippen LogP contribution in [0.4, 0.5) is 0 Å². The Morgan fingerprint density at radius 3 is 2.36 bits per heavy atom. The monoisotopic (exact) mass is 202 g/mol. The molecule has 0 aromatic carbocycles. The van der Waals surface area contributed by atoms with Crippen molar-refractivity contribution in [1.82, 2.24) is 5.32 Å². The summed E-state index contributed by atoms with van der Waals surface area (Å²) in [5.41, 5.74) is 5.61. The largest absolute Gasteiger partial charge is 0.468 e. The molecule has 1 unspecified atom stereocenters. The van der Waals surface area contributed by atoms with Crippen LogP contribution in [0.1, 0.15) is 20.8 Å². The molecule has 0 saturated carbocycles. The summed E-state index contributed by atoms with van der Waals surface area (Å²) in [5.74, 6) is 0.698. The zero-order valence-electron chi connectivity index (χ0n) is 9.54. The van der Waals surface area contributed by atoms with Gasteiger partial charge >= 0.3 is 5.97 Å². The van der Waals surface area contributed by atoms with E-state index >= 15 is 0 Å². The van der Waals surface area contributed by atoms with Gasteiger partial charge < -0.3 is 15.8 Å². The molecule has 0 aliphatic carbocycles. The SMILES string of the molecule is COC(=O)[C@H](C)NCC(CN)C(C)C. The van der Waals surface area contributed by atoms with Crippen molar-refractivity contribution in [3.05, 3.63) is 0 Å². The predicted octanol–water partition coefficient (Wildman–Crippen LogP) is 0.368. The Bertz CT molecular complexity index is 172. The van der Waals surface area contributed by atoms with Gasteiger partial charge in [0.05, 0.1) is 7.11 Å². The van der Waals surface area contributed by atoms with Crippen LogP contribution < -0.4 is 11.1 Å². The van der Waals surface area contributed by atoms with Gasteiger partial charge in [-0.25, -0.2) is 0 Å². The molecule has 0 fully saturated rings. The van der Waals surface area contributed by atoms with E-state index in [1.807, 2.05) is 0 Å². The fourth-order valence-corrected chi connectivity index (χ4v) is 1.18. The first-order chi connectivity index (χ1) is 6.52. The lowest BCUT2D eigenvalue weighted by molar-refractivity contribution is -0.142. The highest BCUT2D eigenvalue weighted by atomic mass is 16.5. The van der Waals surface area contributed by atoms with Gasteiger partial charge in [0, 0.05) is 6.54 Å². The highest BCUT2D eigenvalue weighted by Gasteiger charge is 2.16. The summed E-state index contributed by atoms with van der Waals surface area (Å²) in [6.45, 7) is 7.44. The molecule has 0 heterocycles. The number of methoxy groups -OCH3 is 1. The fraction of sp³-hybridized carbons (Fsp3) is 0.900. The smallest absolute Gasteiger partial charge is 0.322 e. The van der Waals surface area contributed by atoms with Crippen LogP contribution in [-0.2, 0) is 9.53 Å². The van der Waals surface area contributed by atoms with Crippen LogP contribution in [0.15, 0.2) is 0 Å². The number of ether oxygens (including phenoxy) is 1. The Morgan fingerprint density at radius 2 is 2.00 bits per heavy atom. The number of nitrogens with two attached hydrogens (primary N) is 1. The van der Waals surface area contributed by atoms with Gasteiger partial charge in [0.2, 0.25) is 0 Å². The Balaban J connectivity index is 3.85. The van der Waals surface area contributed by atoms with E-state index in [0.717, 1.165) is 6.54 Å². The fourth-order valence-electron chi connectivity index (χ4n) is 1.18. The standard InChI is InChI=1S/C10H22N2O2/c1-7(2)9(5-11)6-12-8(3)10(13)14-4/h7-9,12H,5-6,11H2,1-4H3/t8-,9?/m0/s1. The van der Waals surface area contributed by atoms with E-state index in [9.17, 15) is 4.79 Å². The predicted molar refractivity (Wildman–Crippen MR) is 56.9 cm³/mol. The molecule has 14 heavy (non-hydrogen) atoms. The molecule has 0 radical (unpaired) electrons. The molecule has 0 spiro atoms. The molecule has 0 aliphatic heterocycles. The van der Waals surface area contributed by atoms with Crippen molar-refractivity contribution in [2.24, 2.45) is 17.6 Å². The van der Waals surface area contributed by atoms with E-state index in [-0.39, 0.29) is 12.0 Å². The maximum absolute atomic E-state index is 11.1. The number of hydrogen-bond acceptors (Lipinski definition) is 4. The molecular formula is C10H22N2O2. The lowest BCUT2D eigenvalue weighted by Gasteiger charge is -2.21. The molecule has 3 N–H and O–H groups in total. The van der Waals surface area contributed by atoms with Crippen LogP contribution in [0, 0.1) is 11.8 Å². The van der Waals surface area contributed by atoms with Gasteiger partial charge in [-0.15, -0.1) is 0 Å².